The molecule has 136 valence electrons. The molecule has 1 aliphatic rings. The minimum atomic E-state index is -0.863. The Bertz CT molecular complexity index is 532. The van der Waals surface area contributed by atoms with Crippen molar-refractivity contribution in [2.24, 2.45) is 5.73 Å². The van der Waals surface area contributed by atoms with E-state index in [1.54, 1.807) is 32.0 Å². The van der Waals surface area contributed by atoms with E-state index >= 15 is 0 Å². The maximum Gasteiger partial charge on any atom is 0.232 e. The number of carbonyl (C=O) groups excluding carboxylic acids is 1. The molecule has 2 rings (SSSR count). The molecule has 0 radical (unpaired) electrons. The third kappa shape index (κ3) is 4.91. The van der Waals surface area contributed by atoms with Gasteiger partial charge in [-0.1, -0.05) is 18.2 Å². The van der Waals surface area contributed by atoms with Gasteiger partial charge in [-0.3, -0.25) is 4.79 Å². The summed E-state index contributed by atoms with van der Waals surface area (Å²) in [6.45, 7) is 6.20. The molecule has 0 atom stereocenters. The molecule has 1 heterocycles. The van der Waals surface area contributed by atoms with Crippen LogP contribution in [0.15, 0.2) is 24.3 Å². The Kier molecular flexibility index (Phi) is 8.13. The van der Waals surface area contributed by atoms with Crippen molar-refractivity contribution in [3.8, 4) is 0 Å². The molecule has 1 aromatic carbocycles. The molecule has 0 aromatic heterocycles. The first-order chi connectivity index (χ1) is 11.0. The predicted molar refractivity (Wildman–Crippen MR) is 95.9 cm³/mol. The SMILES string of the molecule is CC(C)(C(=O)N1CCC(OCCCN)CC1)c1ccccc1F.Cl. The number of halogens is 2. The van der Waals surface area contributed by atoms with Crippen LogP contribution in [0, 0.1) is 5.82 Å². The van der Waals surface area contributed by atoms with Crippen LogP contribution in [-0.4, -0.2) is 43.2 Å². The highest BCUT2D eigenvalue weighted by Gasteiger charge is 2.37. The maximum atomic E-state index is 14.0. The number of benzene rings is 1. The normalized spacial score (nSPS) is 15.9. The molecule has 1 fully saturated rings. The lowest BCUT2D eigenvalue weighted by molar-refractivity contribution is -0.139. The van der Waals surface area contributed by atoms with Crippen molar-refractivity contribution in [1.82, 2.24) is 4.90 Å². The lowest BCUT2D eigenvalue weighted by Crippen LogP contribution is -2.48. The van der Waals surface area contributed by atoms with Gasteiger partial charge in [-0.2, -0.15) is 0 Å². The molecule has 2 N–H and O–H groups in total. The second-order valence-corrected chi connectivity index (χ2v) is 6.61. The molecule has 0 unspecified atom stereocenters. The zero-order valence-corrected chi connectivity index (χ0v) is 15.3. The first-order valence-corrected chi connectivity index (χ1v) is 8.33. The predicted octanol–water partition coefficient (Wildman–Crippen LogP) is 2.88. The standard InChI is InChI=1S/C18H27FN2O2.ClH/c1-18(2,15-6-3-4-7-16(15)19)17(22)21-11-8-14(9-12-21)23-13-5-10-20;/h3-4,6-7,14H,5,8-13,20H2,1-2H3;1H. The van der Waals surface area contributed by atoms with Gasteiger partial charge in [0.25, 0.3) is 0 Å². The molecule has 0 aliphatic carbocycles. The number of amides is 1. The molecule has 0 saturated carbocycles. The Labute approximate surface area is 149 Å². The summed E-state index contributed by atoms with van der Waals surface area (Å²) in [6.07, 6.45) is 2.70. The highest BCUT2D eigenvalue weighted by molar-refractivity contribution is 5.87. The van der Waals surface area contributed by atoms with Crippen LogP contribution in [0.5, 0.6) is 0 Å². The number of nitrogens with zero attached hydrogens (tertiary/aromatic N) is 1. The van der Waals surface area contributed by atoms with Crippen molar-refractivity contribution >= 4 is 18.3 Å². The second-order valence-electron chi connectivity index (χ2n) is 6.61. The molecule has 0 spiro atoms. The summed E-state index contributed by atoms with van der Waals surface area (Å²) < 4.78 is 19.8. The number of ether oxygens (including phenoxy) is 1. The van der Waals surface area contributed by atoms with Gasteiger partial charge in [0.1, 0.15) is 5.82 Å². The average Bonchev–Trinajstić information content (AvgIpc) is 2.55. The molecule has 1 aliphatic heterocycles. The van der Waals surface area contributed by atoms with E-state index in [2.05, 4.69) is 0 Å². The molecule has 4 nitrogen and oxygen atoms in total. The van der Waals surface area contributed by atoms with E-state index in [1.807, 2.05) is 4.90 Å². The van der Waals surface area contributed by atoms with E-state index < -0.39 is 5.41 Å². The average molecular weight is 359 g/mol. The van der Waals surface area contributed by atoms with Crippen LogP contribution in [-0.2, 0) is 14.9 Å². The lowest BCUT2D eigenvalue weighted by Gasteiger charge is -2.37. The van der Waals surface area contributed by atoms with Crippen molar-refractivity contribution < 1.29 is 13.9 Å². The van der Waals surface area contributed by atoms with Gasteiger partial charge in [-0.05, 0) is 45.7 Å². The van der Waals surface area contributed by atoms with Gasteiger partial charge in [0, 0.05) is 25.3 Å². The molecule has 1 amide bonds. The highest BCUT2D eigenvalue weighted by Crippen LogP contribution is 2.29. The number of rotatable bonds is 6. The van der Waals surface area contributed by atoms with Gasteiger partial charge < -0.3 is 15.4 Å². The van der Waals surface area contributed by atoms with Crippen LogP contribution >= 0.6 is 12.4 Å². The van der Waals surface area contributed by atoms with Crippen molar-refractivity contribution in [2.75, 3.05) is 26.2 Å². The Morgan fingerprint density at radius 1 is 1.33 bits per heavy atom. The minimum absolute atomic E-state index is 0. The Morgan fingerprint density at radius 3 is 2.54 bits per heavy atom. The van der Waals surface area contributed by atoms with E-state index in [4.69, 9.17) is 10.5 Å². The van der Waals surface area contributed by atoms with Crippen LogP contribution < -0.4 is 5.73 Å². The fraction of sp³-hybridized carbons (Fsp3) is 0.611. The Hall–Kier alpha value is -1.17. The lowest BCUT2D eigenvalue weighted by atomic mass is 9.82. The first kappa shape index (κ1) is 20.9. The summed E-state index contributed by atoms with van der Waals surface area (Å²) in [7, 11) is 0. The van der Waals surface area contributed by atoms with Gasteiger partial charge in [0.05, 0.1) is 11.5 Å². The van der Waals surface area contributed by atoms with Crippen molar-refractivity contribution in [3.05, 3.63) is 35.6 Å². The third-order valence-electron chi connectivity index (χ3n) is 4.51. The quantitative estimate of drug-likeness (QED) is 0.795. The Morgan fingerprint density at radius 2 is 1.96 bits per heavy atom. The third-order valence-corrected chi connectivity index (χ3v) is 4.51. The van der Waals surface area contributed by atoms with Gasteiger partial charge in [-0.15, -0.1) is 12.4 Å². The molecule has 24 heavy (non-hydrogen) atoms. The van der Waals surface area contributed by atoms with E-state index in [0.717, 1.165) is 19.3 Å². The number of piperidine rings is 1. The molecule has 0 bridgehead atoms. The summed E-state index contributed by atoms with van der Waals surface area (Å²) in [5.41, 5.74) is 5.05. The summed E-state index contributed by atoms with van der Waals surface area (Å²) >= 11 is 0. The molecule has 6 heteroatoms. The van der Waals surface area contributed by atoms with Crippen molar-refractivity contribution in [2.45, 2.75) is 44.6 Å². The summed E-state index contributed by atoms with van der Waals surface area (Å²) in [6, 6.07) is 6.51. The monoisotopic (exact) mass is 358 g/mol. The maximum absolute atomic E-state index is 14.0. The zero-order chi connectivity index (χ0) is 16.9. The van der Waals surface area contributed by atoms with Crippen LogP contribution in [0.2, 0.25) is 0 Å². The summed E-state index contributed by atoms with van der Waals surface area (Å²) in [5.74, 6) is -0.353. The van der Waals surface area contributed by atoms with E-state index in [-0.39, 0.29) is 30.2 Å². The van der Waals surface area contributed by atoms with Crippen LogP contribution in [0.1, 0.15) is 38.7 Å². The molecule has 1 aromatic rings. The highest BCUT2D eigenvalue weighted by atomic mass is 35.5. The first-order valence-electron chi connectivity index (χ1n) is 8.33. The summed E-state index contributed by atoms with van der Waals surface area (Å²) in [4.78, 5) is 14.7. The smallest absolute Gasteiger partial charge is 0.232 e. The van der Waals surface area contributed by atoms with Gasteiger partial charge in [-0.25, -0.2) is 4.39 Å². The zero-order valence-electron chi connectivity index (χ0n) is 14.5. The molecular weight excluding hydrogens is 331 g/mol. The minimum Gasteiger partial charge on any atom is -0.378 e. The van der Waals surface area contributed by atoms with Crippen molar-refractivity contribution in [1.29, 1.82) is 0 Å². The van der Waals surface area contributed by atoms with E-state index in [1.165, 1.54) is 6.07 Å². The molecule has 1 saturated heterocycles. The second kappa shape index (κ2) is 9.35. The van der Waals surface area contributed by atoms with Gasteiger partial charge in [0.15, 0.2) is 0 Å². The molecular formula is C18H28ClFN2O2. The number of hydrogen-bond donors (Lipinski definition) is 1. The van der Waals surface area contributed by atoms with Crippen molar-refractivity contribution in [3.63, 3.8) is 0 Å². The number of hydrogen-bond acceptors (Lipinski definition) is 3. The fourth-order valence-electron chi connectivity index (χ4n) is 3.04. The number of carbonyl (C=O) groups is 1. The van der Waals surface area contributed by atoms with Gasteiger partial charge in [0.2, 0.25) is 5.91 Å². The fourth-order valence-corrected chi connectivity index (χ4v) is 3.04. The van der Waals surface area contributed by atoms with E-state index in [9.17, 15) is 9.18 Å². The summed E-state index contributed by atoms with van der Waals surface area (Å²) in [5, 5.41) is 0. The number of nitrogens with two attached hydrogens (primary N) is 1. The largest absolute Gasteiger partial charge is 0.378 e. The van der Waals surface area contributed by atoms with Crippen LogP contribution in [0.4, 0.5) is 4.39 Å². The van der Waals surface area contributed by atoms with Crippen LogP contribution in [0.3, 0.4) is 0 Å². The Balaban J connectivity index is 0.00000288. The van der Waals surface area contributed by atoms with Crippen LogP contribution in [0.25, 0.3) is 0 Å². The number of likely N-dealkylation sites (tertiary alicyclic amines) is 1. The van der Waals surface area contributed by atoms with E-state index in [0.29, 0.717) is 31.8 Å². The topological polar surface area (TPSA) is 55.6 Å². The van der Waals surface area contributed by atoms with Gasteiger partial charge >= 0.3 is 0 Å².